The maximum absolute atomic E-state index is 11.4. The Bertz CT molecular complexity index is 462. The molecule has 0 aliphatic heterocycles. The van der Waals surface area contributed by atoms with E-state index in [2.05, 4.69) is 0 Å². The minimum absolute atomic E-state index is 0.154. The van der Waals surface area contributed by atoms with Crippen molar-refractivity contribution in [1.82, 2.24) is 4.90 Å². The lowest BCUT2D eigenvalue weighted by atomic mass is 10.0. The number of rotatable bonds is 7. The van der Waals surface area contributed by atoms with Gasteiger partial charge >= 0.3 is 5.97 Å². The lowest BCUT2D eigenvalue weighted by Crippen LogP contribution is -2.32. The van der Waals surface area contributed by atoms with Gasteiger partial charge in [0.2, 0.25) is 0 Å². The largest absolute Gasteiger partial charge is 0.480 e. The van der Waals surface area contributed by atoms with Crippen LogP contribution in [0.3, 0.4) is 0 Å². The topological polar surface area (TPSA) is 83.7 Å². The average molecular weight is 266 g/mol. The van der Waals surface area contributed by atoms with Gasteiger partial charge in [-0.15, -0.1) is 0 Å². The number of carbonyl (C=O) groups is 1. The second-order valence-electron chi connectivity index (χ2n) is 4.39. The van der Waals surface area contributed by atoms with Gasteiger partial charge in [-0.25, -0.2) is 0 Å². The molecule has 0 aliphatic rings. The van der Waals surface area contributed by atoms with Crippen molar-refractivity contribution in [1.29, 1.82) is 0 Å². The molecule has 0 saturated carbocycles. The van der Waals surface area contributed by atoms with Crippen molar-refractivity contribution in [2.45, 2.75) is 25.8 Å². The Balaban J connectivity index is 3.12. The van der Waals surface area contributed by atoms with Gasteiger partial charge in [0.05, 0.1) is 10.5 Å². The summed E-state index contributed by atoms with van der Waals surface area (Å²) >= 11 is 0. The van der Waals surface area contributed by atoms with E-state index in [9.17, 15) is 20.0 Å². The summed E-state index contributed by atoms with van der Waals surface area (Å²) in [4.78, 5) is 23.5. The van der Waals surface area contributed by atoms with Crippen LogP contribution >= 0.6 is 0 Å². The molecule has 0 saturated heterocycles. The predicted octanol–water partition coefficient (Wildman–Crippen LogP) is 2.45. The van der Waals surface area contributed by atoms with E-state index in [-0.39, 0.29) is 11.3 Å². The van der Waals surface area contributed by atoms with Crippen molar-refractivity contribution < 1.29 is 14.8 Å². The summed E-state index contributed by atoms with van der Waals surface area (Å²) in [6.07, 6.45) is 1.79. The number of nitrogens with zero attached hydrogens (tertiary/aromatic N) is 2. The summed E-state index contributed by atoms with van der Waals surface area (Å²) in [6, 6.07) is 4.99. The minimum Gasteiger partial charge on any atom is -0.480 e. The molecule has 0 amide bonds. The highest BCUT2D eigenvalue weighted by molar-refractivity contribution is 5.77. The van der Waals surface area contributed by atoms with Crippen LogP contribution in [0, 0.1) is 10.1 Å². The molecule has 0 aliphatic carbocycles. The van der Waals surface area contributed by atoms with Crippen LogP contribution in [0.1, 0.15) is 31.4 Å². The van der Waals surface area contributed by atoms with E-state index in [0.717, 1.165) is 12.8 Å². The number of nitro benzene ring substituents is 1. The van der Waals surface area contributed by atoms with Gasteiger partial charge in [-0.2, -0.15) is 0 Å². The highest BCUT2D eigenvalue weighted by Crippen LogP contribution is 2.28. The zero-order valence-electron chi connectivity index (χ0n) is 11.1. The Morgan fingerprint density at radius 3 is 2.63 bits per heavy atom. The van der Waals surface area contributed by atoms with Gasteiger partial charge in [0.25, 0.3) is 5.69 Å². The van der Waals surface area contributed by atoms with Crippen molar-refractivity contribution in [3.63, 3.8) is 0 Å². The molecule has 1 unspecified atom stereocenters. The first-order valence-corrected chi connectivity index (χ1v) is 6.15. The number of hydrogen-bond acceptors (Lipinski definition) is 4. The van der Waals surface area contributed by atoms with Crippen LogP contribution in [0.5, 0.6) is 0 Å². The zero-order valence-corrected chi connectivity index (χ0v) is 11.1. The number of para-hydroxylation sites is 1. The average Bonchev–Trinajstić information content (AvgIpc) is 2.36. The molecule has 19 heavy (non-hydrogen) atoms. The molecule has 0 bridgehead atoms. The van der Waals surface area contributed by atoms with E-state index in [1.54, 1.807) is 18.0 Å². The minimum atomic E-state index is -1.08. The van der Waals surface area contributed by atoms with Gasteiger partial charge in [-0.05, 0) is 26.1 Å². The first kappa shape index (κ1) is 15.1. The maximum atomic E-state index is 11.4. The van der Waals surface area contributed by atoms with Crippen LogP contribution in [0.15, 0.2) is 24.3 Å². The quantitative estimate of drug-likeness (QED) is 0.605. The van der Waals surface area contributed by atoms with E-state index in [0.29, 0.717) is 6.54 Å². The van der Waals surface area contributed by atoms with Crippen LogP contribution in [-0.4, -0.2) is 34.5 Å². The first-order chi connectivity index (χ1) is 8.99. The smallest absolute Gasteiger partial charge is 0.325 e. The number of likely N-dealkylation sites (N-methyl/N-ethyl adjacent to an activating group) is 1. The molecular weight excluding hydrogens is 248 g/mol. The molecular formula is C13H18N2O4. The summed E-state index contributed by atoms with van der Waals surface area (Å²) in [5.41, 5.74) is 0.0665. The lowest BCUT2D eigenvalue weighted by Gasteiger charge is -2.24. The third-order valence-corrected chi connectivity index (χ3v) is 2.97. The number of aliphatic carboxylic acids is 1. The molecule has 1 aromatic carbocycles. The fourth-order valence-electron chi connectivity index (χ4n) is 1.98. The molecule has 1 N–H and O–H groups in total. The van der Waals surface area contributed by atoms with Crippen molar-refractivity contribution in [2.24, 2.45) is 0 Å². The van der Waals surface area contributed by atoms with E-state index in [1.165, 1.54) is 18.2 Å². The molecule has 0 spiro atoms. The zero-order chi connectivity index (χ0) is 14.4. The first-order valence-electron chi connectivity index (χ1n) is 6.15. The number of carboxylic acid groups (broad SMARTS) is 1. The van der Waals surface area contributed by atoms with Gasteiger partial charge in [0, 0.05) is 6.07 Å². The highest BCUT2D eigenvalue weighted by atomic mass is 16.6. The summed E-state index contributed by atoms with van der Waals surface area (Å²) in [5.74, 6) is -1.08. The fourth-order valence-corrected chi connectivity index (χ4v) is 1.98. The molecule has 0 radical (unpaired) electrons. The number of hydrogen-bond donors (Lipinski definition) is 1. The molecule has 6 heteroatoms. The van der Waals surface area contributed by atoms with Crippen LogP contribution in [0.25, 0.3) is 0 Å². The van der Waals surface area contributed by atoms with Gasteiger partial charge in [0.1, 0.15) is 6.04 Å². The Kier molecular flexibility index (Phi) is 5.44. The number of benzene rings is 1. The van der Waals surface area contributed by atoms with Gasteiger partial charge in [0.15, 0.2) is 0 Å². The third-order valence-electron chi connectivity index (χ3n) is 2.97. The summed E-state index contributed by atoms with van der Waals surface area (Å²) in [6.45, 7) is 2.59. The Hall–Kier alpha value is -1.95. The van der Waals surface area contributed by atoms with Crippen LogP contribution in [-0.2, 0) is 4.79 Å². The second-order valence-corrected chi connectivity index (χ2v) is 4.39. The van der Waals surface area contributed by atoms with Crippen LogP contribution < -0.4 is 0 Å². The van der Waals surface area contributed by atoms with Crippen molar-refractivity contribution in [3.8, 4) is 0 Å². The highest BCUT2D eigenvalue weighted by Gasteiger charge is 2.30. The van der Waals surface area contributed by atoms with E-state index >= 15 is 0 Å². The molecule has 0 aromatic heterocycles. The standard InChI is InChI=1S/C13H18N2O4/c1-3-4-9-14(2)12(13(16)17)10-7-5-6-8-11(10)15(18)19/h5-8,12H,3-4,9H2,1-2H3,(H,16,17). The predicted molar refractivity (Wildman–Crippen MR) is 71.0 cm³/mol. The van der Waals surface area contributed by atoms with E-state index < -0.39 is 16.9 Å². The molecule has 104 valence electrons. The molecule has 1 atom stereocenters. The number of carboxylic acids is 1. The molecule has 0 fully saturated rings. The summed E-state index contributed by atoms with van der Waals surface area (Å²) < 4.78 is 0. The molecule has 1 rings (SSSR count). The third kappa shape index (κ3) is 3.75. The normalized spacial score (nSPS) is 12.4. The van der Waals surface area contributed by atoms with Crippen LogP contribution in [0.2, 0.25) is 0 Å². The SMILES string of the molecule is CCCCN(C)C(C(=O)O)c1ccccc1[N+](=O)[O-]. The molecule has 1 aromatic rings. The van der Waals surface area contributed by atoms with E-state index in [1.807, 2.05) is 6.92 Å². The van der Waals surface area contributed by atoms with E-state index in [4.69, 9.17) is 0 Å². The maximum Gasteiger partial charge on any atom is 0.325 e. The summed E-state index contributed by atoms with van der Waals surface area (Å²) in [5, 5.41) is 20.3. The monoisotopic (exact) mass is 266 g/mol. The van der Waals surface area contributed by atoms with Gasteiger partial charge < -0.3 is 5.11 Å². The van der Waals surface area contributed by atoms with Crippen LogP contribution in [0.4, 0.5) is 5.69 Å². The van der Waals surface area contributed by atoms with Gasteiger partial charge in [-0.1, -0.05) is 25.5 Å². The molecule has 0 heterocycles. The van der Waals surface area contributed by atoms with Gasteiger partial charge in [-0.3, -0.25) is 19.8 Å². The molecule has 6 nitrogen and oxygen atoms in total. The lowest BCUT2D eigenvalue weighted by molar-refractivity contribution is -0.385. The summed E-state index contributed by atoms with van der Waals surface area (Å²) in [7, 11) is 1.67. The Morgan fingerprint density at radius 2 is 2.11 bits per heavy atom. The Labute approximate surface area is 111 Å². The van der Waals surface area contributed by atoms with Crippen molar-refractivity contribution in [2.75, 3.05) is 13.6 Å². The number of nitro groups is 1. The Morgan fingerprint density at radius 1 is 1.47 bits per heavy atom. The second kappa shape index (κ2) is 6.84. The van der Waals surface area contributed by atoms with Crippen molar-refractivity contribution >= 4 is 11.7 Å². The fraction of sp³-hybridized carbons (Fsp3) is 0.462. The number of unbranched alkanes of at least 4 members (excludes halogenated alkanes) is 1. The van der Waals surface area contributed by atoms with Crippen molar-refractivity contribution in [3.05, 3.63) is 39.9 Å².